The molecule has 0 unspecified atom stereocenters. The molecule has 28 heavy (non-hydrogen) atoms. The van der Waals surface area contributed by atoms with Crippen LogP contribution >= 0.6 is 24.0 Å². The summed E-state index contributed by atoms with van der Waals surface area (Å²) in [6, 6.07) is 9.58. The lowest BCUT2D eigenvalue weighted by Gasteiger charge is -2.04. The van der Waals surface area contributed by atoms with Gasteiger partial charge in [-0.1, -0.05) is 36.1 Å². The number of hydrogen-bond acceptors (Lipinski definition) is 8. The number of carbonyl (C=O) groups excluding carboxylic acids is 1. The van der Waals surface area contributed by atoms with Crippen molar-refractivity contribution in [2.24, 2.45) is 0 Å². The normalized spacial score (nSPS) is 15.5. The van der Waals surface area contributed by atoms with Gasteiger partial charge in [0, 0.05) is 29.4 Å². The Morgan fingerprint density at radius 1 is 1.21 bits per heavy atom. The Morgan fingerprint density at radius 2 is 2.07 bits per heavy atom. The molecule has 0 atom stereocenters. The summed E-state index contributed by atoms with van der Waals surface area (Å²) >= 11 is 6.23. The Morgan fingerprint density at radius 3 is 2.79 bits per heavy atom. The van der Waals surface area contributed by atoms with E-state index in [1.54, 1.807) is 23.2 Å². The number of amides is 1. The predicted octanol–water partition coefficient (Wildman–Crippen LogP) is 2.96. The molecule has 1 aliphatic rings. The summed E-state index contributed by atoms with van der Waals surface area (Å²) < 4.78 is 8.03. The number of thioether (sulfide) groups is 1. The average molecular weight is 406 g/mol. The Labute approximate surface area is 167 Å². The van der Waals surface area contributed by atoms with Gasteiger partial charge in [0.25, 0.3) is 5.91 Å². The Hall–Kier alpha value is -3.37. The van der Waals surface area contributed by atoms with E-state index in [-0.39, 0.29) is 5.91 Å². The van der Waals surface area contributed by atoms with Crippen LogP contribution in [0.1, 0.15) is 5.76 Å². The lowest BCUT2D eigenvalue weighted by Crippen LogP contribution is -2.17. The van der Waals surface area contributed by atoms with Gasteiger partial charge >= 0.3 is 0 Å². The van der Waals surface area contributed by atoms with Crippen molar-refractivity contribution in [3.63, 3.8) is 0 Å². The highest BCUT2D eigenvalue weighted by atomic mass is 32.2. The third kappa shape index (κ3) is 2.98. The summed E-state index contributed by atoms with van der Waals surface area (Å²) in [5, 5.41) is 14.6. The predicted molar refractivity (Wildman–Crippen MR) is 108 cm³/mol. The summed E-state index contributed by atoms with van der Waals surface area (Å²) in [5.74, 6) is 0.351. The molecule has 5 rings (SSSR count). The van der Waals surface area contributed by atoms with Crippen molar-refractivity contribution in [3.8, 4) is 16.8 Å². The van der Waals surface area contributed by atoms with Gasteiger partial charge in [0.15, 0.2) is 0 Å². The number of carbonyl (C=O) groups is 1. The van der Waals surface area contributed by atoms with Crippen molar-refractivity contribution in [2.45, 2.75) is 0 Å². The first kappa shape index (κ1) is 16.8. The standard InChI is InChI=1S/C18H10N6O2S2/c25-17-15(28-18(27)21-17)6-13-5-11-7-19-8-14(16(11)26-13)10-1-3-12(4-2-10)24-9-20-22-23-24/h1-9H,(H,21,25,27)/b15-6+. The van der Waals surface area contributed by atoms with Crippen LogP contribution in [0.5, 0.6) is 0 Å². The van der Waals surface area contributed by atoms with Crippen LogP contribution in [-0.2, 0) is 4.79 Å². The highest BCUT2D eigenvalue weighted by molar-refractivity contribution is 8.26. The quantitative estimate of drug-likeness (QED) is 0.410. The first-order valence-electron chi connectivity index (χ1n) is 8.13. The summed E-state index contributed by atoms with van der Waals surface area (Å²) in [7, 11) is 0. The molecule has 1 saturated heterocycles. The van der Waals surface area contributed by atoms with E-state index in [0.29, 0.717) is 20.6 Å². The first-order chi connectivity index (χ1) is 13.7. The number of benzene rings is 1. The van der Waals surface area contributed by atoms with Crippen molar-refractivity contribution in [1.82, 2.24) is 30.5 Å². The minimum atomic E-state index is -0.216. The number of nitrogens with one attached hydrogen (secondary N) is 1. The number of aromatic nitrogens is 5. The van der Waals surface area contributed by atoms with E-state index >= 15 is 0 Å². The number of thiocarbonyl (C=S) groups is 1. The van der Waals surface area contributed by atoms with E-state index in [1.165, 1.54) is 18.1 Å². The van der Waals surface area contributed by atoms with Crippen LogP contribution < -0.4 is 5.32 Å². The van der Waals surface area contributed by atoms with Crippen molar-refractivity contribution in [2.75, 3.05) is 0 Å². The van der Waals surface area contributed by atoms with Crippen LogP contribution in [0.15, 0.2) is 58.4 Å². The monoisotopic (exact) mass is 406 g/mol. The molecule has 0 saturated carbocycles. The minimum absolute atomic E-state index is 0.216. The fourth-order valence-corrected chi connectivity index (χ4v) is 3.91. The molecule has 4 heterocycles. The maximum atomic E-state index is 11.9. The second-order valence-electron chi connectivity index (χ2n) is 5.91. The van der Waals surface area contributed by atoms with Gasteiger partial charge in [-0.05, 0) is 34.2 Å². The molecular weight excluding hydrogens is 396 g/mol. The highest BCUT2D eigenvalue weighted by Crippen LogP contribution is 2.33. The molecule has 1 aromatic carbocycles. The zero-order valence-corrected chi connectivity index (χ0v) is 15.7. The van der Waals surface area contributed by atoms with Crippen molar-refractivity contribution in [3.05, 3.63) is 59.7 Å². The first-order valence-corrected chi connectivity index (χ1v) is 9.36. The van der Waals surface area contributed by atoms with Crippen molar-refractivity contribution in [1.29, 1.82) is 0 Å². The van der Waals surface area contributed by atoms with Gasteiger partial charge in [0.2, 0.25) is 0 Å². The third-order valence-electron chi connectivity index (χ3n) is 4.15. The molecule has 4 aromatic rings. The molecule has 1 amide bonds. The zero-order valence-electron chi connectivity index (χ0n) is 14.1. The Balaban J connectivity index is 1.54. The number of nitrogens with zero attached hydrogens (tertiary/aromatic N) is 5. The topological polar surface area (TPSA) is 98.7 Å². The van der Waals surface area contributed by atoms with Crippen LogP contribution in [0.2, 0.25) is 0 Å². The van der Waals surface area contributed by atoms with Gasteiger partial charge in [-0.25, -0.2) is 4.68 Å². The molecule has 3 aromatic heterocycles. The van der Waals surface area contributed by atoms with Crippen LogP contribution in [0.25, 0.3) is 33.9 Å². The average Bonchev–Trinajstić information content (AvgIpc) is 3.42. The summed E-state index contributed by atoms with van der Waals surface area (Å²) in [6.07, 6.45) is 6.70. The zero-order chi connectivity index (χ0) is 19.1. The highest BCUT2D eigenvalue weighted by Gasteiger charge is 2.22. The maximum absolute atomic E-state index is 11.9. The number of tetrazole rings is 1. The minimum Gasteiger partial charge on any atom is -0.456 e. The molecule has 0 bridgehead atoms. The molecule has 0 spiro atoms. The molecular formula is C18H10N6O2S2. The van der Waals surface area contributed by atoms with Crippen LogP contribution in [0.3, 0.4) is 0 Å². The SMILES string of the molecule is O=C1NC(=S)S/C1=C/c1cc2cncc(-c3ccc(-n4cnnn4)cc3)c2o1. The second-order valence-corrected chi connectivity index (χ2v) is 7.63. The summed E-state index contributed by atoms with van der Waals surface area (Å²) in [5.41, 5.74) is 3.34. The van der Waals surface area contributed by atoms with Gasteiger partial charge in [-0.15, -0.1) is 5.10 Å². The van der Waals surface area contributed by atoms with Gasteiger partial charge in [-0.2, -0.15) is 0 Å². The van der Waals surface area contributed by atoms with Gasteiger partial charge in [0.05, 0.1) is 10.6 Å². The molecule has 1 N–H and O–H groups in total. The fourth-order valence-electron chi connectivity index (χ4n) is 2.88. The van der Waals surface area contributed by atoms with Crippen molar-refractivity contribution < 1.29 is 9.21 Å². The molecule has 1 fully saturated rings. The summed E-state index contributed by atoms with van der Waals surface area (Å²) in [6.45, 7) is 0. The van der Waals surface area contributed by atoms with Crippen LogP contribution in [0.4, 0.5) is 0 Å². The number of fused-ring (bicyclic) bond motifs is 1. The van der Waals surface area contributed by atoms with E-state index in [0.717, 1.165) is 22.2 Å². The van der Waals surface area contributed by atoms with E-state index in [2.05, 4.69) is 25.8 Å². The molecule has 8 nitrogen and oxygen atoms in total. The number of rotatable bonds is 3. The third-order valence-corrected chi connectivity index (χ3v) is 5.31. The molecule has 0 radical (unpaired) electrons. The van der Waals surface area contributed by atoms with Crippen LogP contribution in [0, 0.1) is 0 Å². The number of pyridine rings is 1. The fraction of sp³-hybridized carbons (Fsp3) is 0. The second kappa shape index (κ2) is 6.66. The molecule has 0 aliphatic carbocycles. The number of furan rings is 1. The lowest BCUT2D eigenvalue weighted by molar-refractivity contribution is -0.115. The van der Waals surface area contributed by atoms with E-state index in [1.807, 2.05) is 30.3 Å². The maximum Gasteiger partial charge on any atom is 0.263 e. The van der Waals surface area contributed by atoms with Gasteiger partial charge in [-0.3, -0.25) is 9.78 Å². The van der Waals surface area contributed by atoms with E-state index < -0.39 is 0 Å². The Bertz CT molecular complexity index is 1250. The van der Waals surface area contributed by atoms with Gasteiger partial charge < -0.3 is 9.73 Å². The summed E-state index contributed by atoms with van der Waals surface area (Å²) in [4.78, 5) is 16.7. The number of hydrogen-bond donors (Lipinski definition) is 1. The smallest absolute Gasteiger partial charge is 0.263 e. The van der Waals surface area contributed by atoms with E-state index in [9.17, 15) is 4.79 Å². The molecule has 1 aliphatic heterocycles. The molecule has 10 heteroatoms. The van der Waals surface area contributed by atoms with Crippen LogP contribution in [-0.4, -0.2) is 35.4 Å². The molecule has 136 valence electrons. The Kier molecular flexibility index (Phi) is 3.99. The van der Waals surface area contributed by atoms with E-state index in [4.69, 9.17) is 16.6 Å². The van der Waals surface area contributed by atoms with Gasteiger partial charge in [0.1, 0.15) is 22.0 Å². The largest absolute Gasteiger partial charge is 0.456 e. The van der Waals surface area contributed by atoms with Crippen molar-refractivity contribution >= 4 is 51.3 Å². The lowest BCUT2D eigenvalue weighted by atomic mass is 10.1.